The van der Waals surface area contributed by atoms with E-state index in [0.717, 1.165) is 6.42 Å². The van der Waals surface area contributed by atoms with E-state index in [1.54, 1.807) is 24.3 Å². The first-order valence-corrected chi connectivity index (χ1v) is 8.57. The van der Waals surface area contributed by atoms with Gasteiger partial charge in [-0.25, -0.2) is 0 Å². The molecule has 126 valence electrons. The summed E-state index contributed by atoms with van der Waals surface area (Å²) in [5.74, 6) is 0.870. The van der Waals surface area contributed by atoms with E-state index in [1.807, 2.05) is 0 Å². The lowest BCUT2D eigenvalue weighted by Crippen LogP contribution is -2.52. The Balaban J connectivity index is 1.65. The van der Waals surface area contributed by atoms with Gasteiger partial charge in [0.15, 0.2) is 11.7 Å². The molecule has 1 aliphatic carbocycles. The molecular weight excluding hydrogens is 334 g/mol. The molecule has 0 radical (unpaired) electrons. The Kier molecular flexibility index (Phi) is 6.92. The van der Waals surface area contributed by atoms with Gasteiger partial charge in [0.25, 0.3) is 5.91 Å². The Labute approximate surface area is 147 Å². The maximum absolute atomic E-state index is 11.7. The van der Waals surface area contributed by atoms with Crippen LogP contribution in [0.25, 0.3) is 0 Å². The van der Waals surface area contributed by atoms with Gasteiger partial charge in [0.05, 0.1) is 0 Å². The molecule has 0 aliphatic heterocycles. The van der Waals surface area contributed by atoms with Crippen molar-refractivity contribution >= 4 is 34.8 Å². The number of amides is 1. The van der Waals surface area contributed by atoms with Gasteiger partial charge >= 0.3 is 0 Å². The van der Waals surface area contributed by atoms with E-state index < -0.39 is 0 Å². The molecule has 2 atom stereocenters. The minimum atomic E-state index is -0.305. The summed E-state index contributed by atoms with van der Waals surface area (Å²) in [5, 5.41) is 4.31. The Morgan fingerprint density at radius 1 is 1.26 bits per heavy atom. The molecule has 1 amide bonds. The maximum atomic E-state index is 11.7. The van der Waals surface area contributed by atoms with Crippen molar-refractivity contribution in [2.24, 2.45) is 5.92 Å². The fourth-order valence-corrected chi connectivity index (χ4v) is 2.91. The highest BCUT2D eigenvalue weighted by Crippen LogP contribution is 2.23. The van der Waals surface area contributed by atoms with Crippen molar-refractivity contribution < 1.29 is 9.53 Å². The summed E-state index contributed by atoms with van der Waals surface area (Å²) in [6, 6.07) is 7.19. The third-order valence-electron chi connectivity index (χ3n) is 3.93. The second-order valence-electron chi connectivity index (χ2n) is 5.76. The van der Waals surface area contributed by atoms with Crippen LogP contribution >= 0.6 is 23.8 Å². The highest BCUT2D eigenvalue weighted by molar-refractivity contribution is 7.80. The number of hydrogen-bond acceptors (Lipinski definition) is 3. The van der Waals surface area contributed by atoms with Gasteiger partial charge in [-0.15, -0.1) is 0 Å². The first kappa shape index (κ1) is 17.8. The summed E-state index contributed by atoms with van der Waals surface area (Å²) in [4.78, 5) is 11.7. The zero-order valence-electron chi connectivity index (χ0n) is 13.1. The van der Waals surface area contributed by atoms with Crippen molar-refractivity contribution in [3.05, 3.63) is 29.3 Å². The molecule has 0 bridgehead atoms. The van der Waals surface area contributed by atoms with Crippen molar-refractivity contribution in [1.29, 1.82) is 0 Å². The van der Waals surface area contributed by atoms with Crippen LogP contribution < -0.4 is 20.9 Å². The molecule has 1 saturated carbocycles. The van der Waals surface area contributed by atoms with E-state index in [2.05, 4.69) is 23.1 Å². The number of carbonyl (C=O) groups is 1. The highest BCUT2D eigenvalue weighted by Gasteiger charge is 2.21. The van der Waals surface area contributed by atoms with Crippen LogP contribution in [0.4, 0.5) is 0 Å². The van der Waals surface area contributed by atoms with Crippen molar-refractivity contribution in [3.8, 4) is 5.75 Å². The maximum Gasteiger partial charge on any atom is 0.276 e. The van der Waals surface area contributed by atoms with E-state index in [4.69, 9.17) is 28.6 Å². The normalized spacial score (nSPS) is 20.4. The molecule has 23 heavy (non-hydrogen) atoms. The predicted molar refractivity (Wildman–Crippen MR) is 95.4 cm³/mol. The number of hydrazine groups is 1. The van der Waals surface area contributed by atoms with Crippen LogP contribution in [0.3, 0.4) is 0 Å². The van der Waals surface area contributed by atoms with Crippen LogP contribution in [0, 0.1) is 5.92 Å². The minimum Gasteiger partial charge on any atom is -0.484 e. The van der Waals surface area contributed by atoms with E-state index in [-0.39, 0.29) is 12.5 Å². The molecule has 0 aromatic heterocycles. The Morgan fingerprint density at radius 3 is 2.65 bits per heavy atom. The van der Waals surface area contributed by atoms with Gasteiger partial charge in [-0.2, -0.15) is 0 Å². The fraction of sp³-hybridized carbons (Fsp3) is 0.500. The Hall–Kier alpha value is -1.53. The van der Waals surface area contributed by atoms with Crippen molar-refractivity contribution in [2.45, 2.75) is 38.6 Å². The summed E-state index contributed by atoms with van der Waals surface area (Å²) in [6.45, 7) is 2.12. The zero-order chi connectivity index (χ0) is 16.7. The van der Waals surface area contributed by atoms with E-state index in [0.29, 0.717) is 27.8 Å². The van der Waals surface area contributed by atoms with Crippen LogP contribution in [0.1, 0.15) is 32.6 Å². The fourth-order valence-electron chi connectivity index (χ4n) is 2.58. The summed E-state index contributed by atoms with van der Waals surface area (Å²) >= 11 is 11.0. The molecule has 0 unspecified atom stereocenters. The number of benzene rings is 1. The van der Waals surface area contributed by atoms with E-state index >= 15 is 0 Å². The molecule has 1 aromatic rings. The number of halogens is 1. The van der Waals surface area contributed by atoms with Crippen LogP contribution in [0.2, 0.25) is 5.02 Å². The SMILES string of the molecule is C[C@@H]1CCCC[C@@H]1NC(=S)NNC(=O)COc1ccc(Cl)cc1. The lowest BCUT2D eigenvalue weighted by atomic mass is 9.86. The van der Waals surface area contributed by atoms with Gasteiger partial charge in [0, 0.05) is 11.1 Å². The third kappa shape index (κ3) is 6.23. The topological polar surface area (TPSA) is 62.4 Å². The third-order valence-corrected chi connectivity index (χ3v) is 4.40. The molecule has 3 N–H and O–H groups in total. The number of ether oxygens (including phenoxy) is 1. The standard InChI is InChI=1S/C16H22ClN3O2S/c1-11-4-2-3-5-14(11)18-16(23)20-19-15(21)10-22-13-8-6-12(17)7-9-13/h6-9,11,14H,2-5,10H2,1H3,(H,19,21)(H2,18,20,23)/t11-,14+/m1/s1. The molecule has 1 aliphatic rings. The molecule has 0 spiro atoms. The van der Waals surface area contributed by atoms with E-state index in [9.17, 15) is 4.79 Å². The highest BCUT2D eigenvalue weighted by atomic mass is 35.5. The van der Waals surface area contributed by atoms with Gasteiger partial charge < -0.3 is 10.1 Å². The average molecular weight is 356 g/mol. The quantitative estimate of drug-likeness (QED) is 0.572. The first-order chi connectivity index (χ1) is 11.0. The molecule has 5 nitrogen and oxygen atoms in total. The summed E-state index contributed by atoms with van der Waals surface area (Å²) < 4.78 is 5.35. The smallest absolute Gasteiger partial charge is 0.276 e. The second kappa shape index (κ2) is 8.93. The van der Waals surface area contributed by atoms with Crippen LogP contribution in [-0.4, -0.2) is 23.7 Å². The summed E-state index contributed by atoms with van der Waals surface area (Å²) in [5.41, 5.74) is 5.24. The minimum absolute atomic E-state index is 0.100. The number of thiocarbonyl (C=S) groups is 1. The molecule has 0 heterocycles. The number of nitrogens with one attached hydrogen (secondary N) is 3. The van der Waals surface area contributed by atoms with Crippen LogP contribution in [0.15, 0.2) is 24.3 Å². The van der Waals surface area contributed by atoms with Crippen LogP contribution in [-0.2, 0) is 4.79 Å². The molecular formula is C16H22ClN3O2S. The van der Waals surface area contributed by atoms with Gasteiger partial charge in [-0.05, 0) is 55.2 Å². The number of carbonyl (C=O) groups excluding carboxylic acids is 1. The molecule has 7 heteroatoms. The number of hydrogen-bond donors (Lipinski definition) is 3. The zero-order valence-corrected chi connectivity index (χ0v) is 14.7. The van der Waals surface area contributed by atoms with Gasteiger partial charge in [0.1, 0.15) is 5.75 Å². The van der Waals surface area contributed by atoms with Crippen molar-refractivity contribution in [3.63, 3.8) is 0 Å². The Morgan fingerprint density at radius 2 is 1.96 bits per heavy atom. The first-order valence-electron chi connectivity index (χ1n) is 7.78. The summed E-state index contributed by atoms with van der Waals surface area (Å²) in [7, 11) is 0. The lowest BCUT2D eigenvalue weighted by molar-refractivity contribution is -0.123. The molecule has 1 fully saturated rings. The average Bonchev–Trinajstić information content (AvgIpc) is 2.54. The molecule has 0 saturated heterocycles. The predicted octanol–water partition coefficient (Wildman–Crippen LogP) is 2.79. The molecule has 1 aromatic carbocycles. The second-order valence-corrected chi connectivity index (χ2v) is 6.60. The van der Waals surface area contributed by atoms with Gasteiger partial charge in [-0.3, -0.25) is 15.6 Å². The Bertz CT molecular complexity index is 539. The monoisotopic (exact) mass is 355 g/mol. The van der Waals surface area contributed by atoms with Crippen molar-refractivity contribution in [1.82, 2.24) is 16.2 Å². The summed E-state index contributed by atoms with van der Waals surface area (Å²) in [6.07, 6.45) is 4.81. The largest absolute Gasteiger partial charge is 0.484 e. The van der Waals surface area contributed by atoms with Crippen LogP contribution in [0.5, 0.6) is 5.75 Å². The van der Waals surface area contributed by atoms with Gasteiger partial charge in [-0.1, -0.05) is 31.4 Å². The van der Waals surface area contributed by atoms with Gasteiger partial charge in [0.2, 0.25) is 0 Å². The van der Waals surface area contributed by atoms with E-state index in [1.165, 1.54) is 19.3 Å². The molecule has 2 rings (SSSR count). The number of rotatable bonds is 4. The lowest BCUT2D eigenvalue weighted by Gasteiger charge is -2.30. The van der Waals surface area contributed by atoms with Crippen molar-refractivity contribution in [2.75, 3.05) is 6.61 Å².